The van der Waals surface area contributed by atoms with Gasteiger partial charge in [-0.1, -0.05) is 17.7 Å². The first-order chi connectivity index (χ1) is 7.18. The lowest BCUT2D eigenvalue weighted by atomic mass is 10.2. The predicted molar refractivity (Wildman–Crippen MR) is 60.8 cm³/mol. The number of nitrogens with zero attached hydrogens (tertiary/aromatic N) is 1. The topological polar surface area (TPSA) is 68.0 Å². The number of amides is 1. The summed E-state index contributed by atoms with van der Waals surface area (Å²) in [5.41, 5.74) is 5.02. The van der Waals surface area contributed by atoms with Crippen LogP contribution >= 0.6 is 11.6 Å². The number of primary amides is 1. The molecule has 82 valence electrons. The van der Waals surface area contributed by atoms with Crippen molar-refractivity contribution in [2.24, 2.45) is 5.73 Å². The standard InChI is InChI=1S/C10H14ClN3O/c11-8-4-3-6-10(14-8)13-7-2-1-5-9(12)15/h3-4,6H,1-2,5,7H2,(H2,12,15)(H,13,14). The number of hydrogen-bond donors (Lipinski definition) is 2. The molecule has 3 N–H and O–H groups in total. The Morgan fingerprint density at radius 3 is 2.93 bits per heavy atom. The van der Waals surface area contributed by atoms with Crippen molar-refractivity contribution in [3.8, 4) is 0 Å². The van der Waals surface area contributed by atoms with E-state index in [9.17, 15) is 4.79 Å². The molecule has 0 saturated heterocycles. The smallest absolute Gasteiger partial charge is 0.217 e. The van der Waals surface area contributed by atoms with Crippen molar-refractivity contribution in [2.45, 2.75) is 19.3 Å². The van der Waals surface area contributed by atoms with Gasteiger partial charge in [0.1, 0.15) is 11.0 Å². The minimum atomic E-state index is -0.254. The summed E-state index contributed by atoms with van der Waals surface area (Å²) in [6, 6.07) is 5.40. The molecule has 0 fully saturated rings. The zero-order valence-corrected chi connectivity index (χ0v) is 9.13. The molecule has 15 heavy (non-hydrogen) atoms. The molecule has 0 aliphatic heterocycles. The maximum Gasteiger partial charge on any atom is 0.217 e. The predicted octanol–water partition coefficient (Wildman–Crippen LogP) is 1.80. The molecule has 0 atom stereocenters. The summed E-state index contributed by atoms with van der Waals surface area (Å²) in [6.07, 6.45) is 2.12. The average Bonchev–Trinajstić information content (AvgIpc) is 2.17. The highest BCUT2D eigenvalue weighted by Gasteiger charge is 1.96. The van der Waals surface area contributed by atoms with Crippen LogP contribution < -0.4 is 11.1 Å². The lowest BCUT2D eigenvalue weighted by Gasteiger charge is -2.04. The van der Waals surface area contributed by atoms with Crippen molar-refractivity contribution in [2.75, 3.05) is 11.9 Å². The van der Waals surface area contributed by atoms with Gasteiger partial charge in [0.25, 0.3) is 0 Å². The molecule has 0 bridgehead atoms. The van der Waals surface area contributed by atoms with Crippen LogP contribution in [0.4, 0.5) is 5.82 Å². The van der Waals surface area contributed by atoms with E-state index < -0.39 is 0 Å². The number of nitrogens with two attached hydrogens (primary N) is 1. The number of rotatable bonds is 6. The Hall–Kier alpha value is -1.29. The minimum absolute atomic E-state index is 0.254. The average molecular weight is 228 g/mol. The fraction of sp³-hybridized carbons (Fsp3) is 0.400. The quantitative estimate of drug-likeness (QED) is 0.575. The number of unbranched alkanes of at least 4 members (excludes halogenated alkanes) is 1. The molecule has 1 heterocycles. The van der Waals surface area contributed by atoms with Crippen LogP contribution in [-0.4, -0.2) is 17.4 Å². The molecule has 1 aromatic heterocycles. The van der Waals surface area contributed by atoms with Gasteiger partial charge in [-0.15, -0.1) is 0 Å². The molecule has 1 aromatic rings. The molecule has 0 aromatic carbocycles. The normalized spacial score (nSPS) is 9.93. The number of carbonyl (C=O) groups excluding carboxylic acids is 1. The number of halogens is 1. The van der Waals surface area contributed by atoms with E-state index in [-0.39, 0.29) is 5.91 Å². The first-order valence-electron chi connectivity index (χ1n) is 4.83. The van der Waals surface area contributed by atoms with Crippen LogP contribution in [0.1, 0.15) is 19.3 Å². The number of anilines is 1. The summed E-state index contributed by atoms with van der Waals surface area (Å²) >= 11 is 5.71. The maximum atomic E-state index is 10.4. The van der Waals surface area contributed by atoms with Crippen molar-refractivity contribution in [3.63, 3.8) is 0 Å². The van der Waals surface area contributed by atoms with Crippen LogP contribution in [0.2, 0.25) is 5.15 Å². The summed E-state index contributed by atoms with van der Waals surface area (Å²) in [4.78, 5) is 14.5. The highest BCUT2D eigenvalue weighted by atomic mass is 35.5. The zero-order chi connectivity index (χ0) is 11.1. The molecule has 0 spiro atoms. The molecule has 0 saturated carbocycles. The van der Waals surface area contributed by atoms with Gasteiger partial charge in [0.05, 0.1) is 0 Å². The molecular weight excluding hydrogens is 214 g/mol. The van der Waals surface area contributed by atoms with Gasteiger partial charge in [-0.05, 0) is 25.0 Å². The molecule has 0 aliphatic rings. The molecule has 5 heteroatoms. The van der Waals surface area contributed by atoms with E-state index >= 15 is 0 Å². The molecule has 0 unspecified atom stereocenters. The van der Waals surface area contributed by atoms with Crippen LogP contribution in [0.5, 0.6) is 0 Å². The second kappa shape index (κ2) is 6.24. The van der Waals surface area contributed by atoms with Crippen molar-refractivity contribution in [1.29, 1.82) is 0 Å². The summed E-state index contributed by atoms with van der Waals surface area (Å²) in [7, 11) is 0. The van der Waals surface area contributed by atoms with Gasteiger partial charge in [0.15, 0.2) is 0 Å². The molecule has 0 radical (unpaired) electrons. The third-order valence-electron chi connectivity index (χ3n) is 1.87. The lowest BCUT2D eigenvalue weighted by Crippen LogP contribution is -2.11. The van der Waals surface area contributed by atoms with E-state index in [0.717, 1.165) is 25.2 Å². The largest absolute Gasteiger partial charge is 0.370 e. The third-order valence-corrected chi connectivity index (χ3v) is 2.08. The van der Waals surface area contributed by atoms with Gasteiger partial charge in [0, 0.05) is 13.0 Å². The second-order valence-corrected chi connectivity index (χ2v) is 3.58. The SMILES string of the molecule is NC(=O)CCCCNc1cccc(Cl)n1. The summed E-state index contributed by atoms with van der Waals surface area (Å²) in [5, 5.41) is 3.58. The van der Waals surface area contributed by atoms with E-state index in [2.05, 4.69) is 10.3 Å². The van der Waals surface area contributed by atoms with Gasteiger partial charge >= 0.3 is 0 Å². The second-order valence-electron chi connectivity index (χ2n) is 3.20. The van der Waals surface area contributed by atoms with Crippen LogP contribution in [0, 0.1) is 0 Å². The third kappa shape index (κ3) is 5.22. The Morgan fingerprint density at radius 2 is 2.27 bits per heavy atom. The Labute approximate surface area is 93.8 Å². The lowest BCUT2D eigenvalue weighted by molar-refractivity contribution is -0.118. The Morgan fingerprint density at radius 1 is 1.47 bits per heavy atom. The van der Waals surface area contributed by atoms with Crippen LogP contribution in [0.15, 0.2) is 18.2 Å². The number of nitrogens with one attached hydrogen (secondary N) is 1. The van der Waals surface area contributed by atoms with Crippen molar-refractivity contribution in [3.05, 3.63) is 23.4 Å². The number of hydrogen-bond acceptors (Lipinski definition) is 3. The highest BCUT2D eigenvalue weighted by Crippen LogP contribution is 2.09. The van der Waals surface area contributed by atoms with Crippen molar-refractivity contribution >= 4 is 23.3 Å². The van der Waals surface area contributed by atoms with Crippen molar-refractivity contribution < 1.29 is 4.79 Å². The fourth-order valence-electron chi connectivity index (χ4n) is 1.15. The maximum absolute atomic E-state index is 10.4. The summed E-state index contributed by atoms with van der Waals surface area (Å²) in [5.74, 6) is 0.498. The number of aromatic nitrogens is 1. The summed E-state index contributed by atoms with van der Waals surface area (Å²) < 4.78 is 0. The first-order valence-corrected chi connectivity index (χ1v) is 5.21. The molecule has 1 rings (SSSR count). The molecule has 0 aliphatic carbocycles. The first kappa shape index (κ1) is 11.8. The fourth-order valence-corrected chi connectivity index (χ4v) is 1.31. The van der Waals surface area contributed by atoms with Crippen LogP contribution in [-0.2, 0) is 4.79 Å². The van der Waals surface area contributed by atoms with Crippen molar-refractivity contribution in [1.82, 2.24) is 4.98 Å². The molecule has 1 amide bonds. The minimum Gasteiger partial charge on any atom is -0.370 e. The van der Waals surface area contributed by atoms with Gasteiger partial charge in [0.2, 0.25) is 5.91 Å². The molecular formula is C10H14ClN3O. The number of carbonyl (C=O) groups is 1. The zero-order valence-electron chi connectivity index (χ0n) is 8.37. The summed E-state index contributed by atoms with van der Waals surface area (Å²) in [6.45, 7) is 0.765. The van der Waals surface area contributed by atoms with E-state index in [4.69, 9.17) is 17.3 Å². The van der Waals surface area contributed by atoms with E-state index in [1.807, 2.05) is 12.1 Å². The molecule has 4 nitrogen and oxygen atoms in total. The van der Waals surface area contributed by atoms with Gasteiger partial charge in [-0.25, -0.2) is 4.98 Å². The van der Waals surface area contributed by atoms with Crippen LogP contribution in [0.3, 0.4) is 0 Å². The Balaban J connectivity index is 2.17. The van der Waals surface area contributed by atoms with E-state index in [1.54, 1.807) is 6.07 Å². The Kier molecular flexibility index (Phi) is 4.90. The van der Waals surface area contributed by atoms with E-state index in [0.29, 0.717) is 11.6 Å². The van der Waals surface area contributed by atoms with Gasteiger partial charge in [-0.3, -0.25) is 4.79 Å². The van der Waals surface area contributed by atoms with E-state index in [1.165, 1.54) is 0 Å². The van der Waals surface area contributed by atoms with Gasteiger partial charge < -0.3 is 11.1 Å². The van der Waals surface area contributed by atoms with Crippen LogP contribution in [0.25, 0.3) is 0 Å². The number of pyridine rings is 1. The van der Waals surface area contributed by atoms with Gasteiger partial charge in [-0.2, -0.15) is 0 Å². The monoisotopic (exact) mass is 227 g/mol. The Bertz CT molecular complexity index is 330. The highest BCUT2D eigenvalue weighted by molar-refractivity contribution is 6.29.